The molecule has 0 heterocycles. The average Bonchev–Trinajstić information content (AvgIpc) is 3.21. The van der Waals surface area contributed by atoms with Crippen molar-refractivity contribution in [2.24, 2.45) is 0 Å². The molecule has 0 bridgehead atoms. The SMILES string of the molecule is CC/C=C\C/C=C\C/C=C\CCCC(=O)OC(COC(=O)CCC/C=C\C/C=C\C/C=C\CCCCCCCC)COC(=O)CCCCCCCCCCCCC. The van der Waals surface area contributed by atoms with Crippen molar-refractivity contribution in [2.75, 3.05) is 13.2 Å². The molecule has 0 amide bonds. The van der Waals surface area contributed by atoms with Crippen LogP contribution in [0.3, 0.4) is 0 Å². The van der Waals surface area contributed by atoms with Crippen LogP contribution in [0.2, 0.25) is 0 Å². The normalized spacial score (nSPS) is 12.7. The maximum Gasteiger partial charge on any atom is 0.306 e. The van der Waals surface area contributed by atoms with E-state index >= 15 is 0 Å². The zero-order valence-corrected chi connectivity index (χ0v) is 37.1. The van der Waals surface area contributed by atoms with Crippen molar-refractivity contribution < 1.29 is 28.6 Å². The van der Waals surface area contributed by atoms with E-state index in [9.17, 15) is 14.4 Å². The van der Waals surface area contributed by atoms with Crippen LogP contribution in [-0.4, -0.2) is 37.2 Å². The number of carbonyl (C=O) groups is 3. The Hall–Kier alpha value is -3.15. The molecule has 326 valence electrons. The lowest BCUT2D eigenvalue weighted by molar-refractivity contribution is -0.167. The minimum Gasteiger partial charge on any atom is -0.462 e. The van der Waals surface area contributed by atoms with Crippen LogP contribution >= 0.6 is 0 Å². The van der Waals surface area contributed by atoms with Crippen molar-refractivity contribution >= 4 is 17.9 Å². The number of allylic oxidation sites excluding steroid dienone is 12. The molecule has 1 atom stereocenters. The summed E-state index contributed by atoms with van der Waals surface area (Å²) in [5.41, 5.74) is 0. The van der Waals surface area contributed by atoms with Crippen molar-refractivity contribution in [1.29, 1.82) is 0 Å². The Kier molecular flexibility index (Phi) is 43.0. The first kappa shape index (κ1) is 53.9. The van der Waals surface area contributed by atoms with E-state index in [0.717, 1.165) is 64.2 Å². The molecule has 0 spiro atoms. The Morgan fingerprint density at radius 2 is 0.702 bits per heavy atom. The molecule has 0 aromatic carbocycles. The van der Waals surface area contributed by atoms with Gasteiger partial charge in [-0.25, -0.2) is 0 Å². The molecule has 0 aromatic heterocycles. The van der Waals surface area contributed by atoms with E-state index in [1.54, 1.807) is 0 Å². The fourth-order valence-corrected chi connectivity index (χ4v) is 6.19. The Balaban J connectivity index is 4.49. The molecule has 0 saturated carbocycles. The Morgan fingerprint density at radius 3 is 1.14 bits per heavy atom. The van der Waals surface area contributed by atoms with Gasteiger partial charge in [-0.05, 0) is 77.0 Å². The maximum absolute atomic E-state index is 12.7. The second-order valence-corrected chi connectivity index (χ2v) is 15.3. The average molecular weight is 795 g/mol. The first-order valence-electron chi connectivity index (χ1n) is 23.4. The van der Waals surface area contributed by atoms with Gasteiger partial charge < -0.3 is 14.2 Å². The third kappa shape index (κ3) is 43.8. The summed E-state index contributed by atoms with van der Waals surface area (Å²) >= 11 is 0. The molecular formula is C51H86O6. The van der Waals surface area contributed by atoms with Gasteiger partial charge in [-0.3, -0.25) is 14.4 Å². The van der Waals surface area contributed by atoms with E-state index in [-0.39, 0.29) is 44.0 Å². The van der Waals surface area contributed by atoms with Crippen LogP contribution in [-0.2, 0) is 28.6 Å². The molecule has 0 aliphatic heterocycles. The predicted molar refractivity (Wildman–Crippen MR) is 242 cm³/mol. The number of hydrogen-bond donors (Lipinski definition) is 0. The van der Waals surface area contributed by atoms with Gasteiger partial charge in [0.15, 0.2) is 6.10 Å². The molecule has 0 radical (unpaired) electrons. The summed E-state index contributed by atoms with van der Waals surface area (Å²) in [7, 11) is 0. The van der Waals surface area contributed by atoms with Gasteiger partial charge in [0.1, 0.15) is 13.2 Å². The molecular weight excluding hydrogens is 709 g/mol. The van der Waals surface area contributed by atoms with Crippen LogP contribution in [0.5, 0.6) is 0 Å². The topological polar surface area (TPSA) is 78.9 Å². The van der Waals surface area contributed by atoms with Crippen LogP contribution in [0, 0.1) is 0 Å². The predicted octanol–water partition coefficient (Wildman–Crippen LogP) is 15.1. The summed E-state index contributed by atoms with van der Waals surface area (Å²) < 4.78 is 16.6. The van der Waals surface area contributed by atoms with Crippen molar-refractivity contribution in [3.05, 3.63) is 72.9 Å². The van der Waals surface area contributed by atoms with Gasteiger partial charge in [-0.2, -0.15) is 0 Å². The molecule has 6 heteroatoms. The summed E-state index contributed by atoms with van der Waals surface area (Å²) in [6.45, 7) is 6.40. The molecule has 6 nitrogen and oxygen atoms in total. The lowest BCUT2D eigenvalue weighted by Gasteiger charge is -2.18. The molecule has 0 fully saturated rings. The van der Waals surface area contributed by atoms with Gasteiger partial charge >= 0.3 is 17.9 Å². The number of esters is 3. The third-order valence-corrected chi connectivity index (χ3v) is 9.70. The van der Waals surface area contributed by atoms with Gasteiger partial charge in [0.2, 0.25) is 0 Å². The largest absolute Gasteiger partial charge is 0.462 e. The van der Waals surface area contributed by atoms with Crippen LogP contribution in [0.1, 0.15) is 213 Å². The van der Waals surface area contributed by atoms with E-state index in [0.29, 0.717) is 19.3 Å². The molecule has 0 saturated heterocycles. The maximum atomic E-state index is 12.7. The quantitative estimate of drug-likeness (QED) is 0.0265. The van der Waals surface area contributed by atoms with Crippen LogP contribution in [0.25, 0.3) is 0 Å². The van der Waals surface area contributed by atoms with E-state index in [1.165, 1.54) is 96.3 Å². The minimum atomic E-state index is -0.817. The standard InChI is InChI=1S/C51H86O6/c1-4-7-10-13-16-19-22-23-24-25-26-27-30-32-35-38-41-44-50(53)56-47-48(57-51(54)45-42-39-36-33-29-21-18-15-12-9-6-3)46-55-49(52)43-40-37-34-31-28-20-17-14-11-8-5-2/h9,12,18,21,23-24,26-27,32-33,35-36,48H,4-8,10-11,13-17,19-20,22,25,28-31,34,37-47H2,1-3H3/b12-9-,21-18-,24-23-,27-26-,35-32-,36-33-. The first-order chi connectivity index (χ1) is 28.0. The molecule has 0 aliphatic carbocycles. The second-order valence-electron chi connectivity index (χ2n) is 15.3. The number of rotatable bonds is 41. The monoisotopic (exact) mass is 795 g/mol. The van der Waals surface area contributed by atoms with Crippen molar-refractivity contribution in [1.82, 2.24) is 0 Å². The van der Waals surface area contributed by atoms with Gasteiger partial charge in [-0.15, -0.1) is 0 Å². The van der Waals surface area contributed by atoms with Crippen LogP contribution in [0.15, 0.2) is 72.9 Å². The Bertz CT molecular complexity index is 1100. The van der Waals surface area contributed by atoms with Gasteiger partial charge in [0.25, 0.3) is 0 Å². The number of unbranched alkanes of at least 4 members (excludes halogenated alkanes) is 18. The van der Waals surface area contributed by atoms with E-state index < -0.39 is 6.10 Å². The lowest BCUT2D eigenvalue weighted by Crippen LogP contribution is -2.30. The summed E-state index contributed by atoms with van der Waals surface area (Å²) in [6, 6.07) is 0. The third-order valence-electron chi connectivity index (χ3n) is 9.70. The zero-order chi connectivity index (χ0) is 41.5. The summed E-state index contributed by atoms with van der Waals surface area (Å²) in [6.07, 6.45) is 56.2. The highest BCUT2D eigenvalue weighted by Gasteiger charge is 2.19. The van der Waals surface area contributed by atoms with E-state index in [2.05, 4.69) is 93.7 Å². The van der Waals surface area contributed by atoms with Gasteiger partial charge in [-0.1, -0.05) is 190 Å². The molecule has 1 unspecified atom stereocenters. The van der Waals surface area contributed by atoms with Gasteiger partial charge in [0, 0.05) is 19.3 Å². The smallest absolute Gasteiger partial charge is 0.306 e. The van der Waals surface area contributed by atoms with Gasteiger partial charge in [0.05, 0.1) is 0 Å². The van der Waals surface area contributed by atoms with E-state index in [4.69, 9.17) is 14.2 Å². The summed E-state index contributed by atoms with van der Waals surface area (Å²) in [5, 5.41) is 0. The Labute approximate surface area is 351 Å². The summed E-state index contributed by atoms with van der Waals surface area (Å²) in [5.74, 6) is -1.03. The molecule has 0 rings (SSSR count). The van der Waals surface area contributed by atoms with E-state index in [1.807, 2.05) is 0 Å². The highest BCUT2D eigenvalue weighted by Crippen LogP contribution is 2.13. The summed E-state index contributed by atoms with van der Waals surface area (Å²) in [4.78, 5) is 37.7. The van der Waals surface area contributed by atoms with Crippen molar-refractivity contribution in [2.45, 2.75) is 219 Å². The molecule has 0 aliphatic rings. The Morgan fingerprint density at radius 1 is 0.368 bits per heavy atom. The zero-order valence-electron chi connectivity index (χ0n) is 37.1. The van der Waals surface area contributed by atoms with Crippen LogP contribution in [0.4, 0.5) is 0 Å². The van der Waals surface area contributed by atoms with Crippen molar-refractivity contribution in [3.8, 4) is 0 Å². The molecule has 0 N–H and O–H groups in total. The second kappa shape index (κ2) is 45.6. The van der Waals surface area contributed by atoms with Crippen LogP contribution < -0.4 is 0 Å². The fraction of sp³-hybridized carbons (Fsp3) is 0.706. The number of ether oxygens (including phenoxy) is 3. The first-order valence-corrected chi connectivity index (χ1v) is 23.4. The molecule has 0 aromatic rings. The minimum absolute atomic E-state index is 0.110. The number of hydrogen-bond acceptors (Lipinski definition) is 6. The lowest BCUT2D eigenvalue weighted by atomic mass is 10.1. The number of carbonyl (C=O) groups excluding carboxylic acids is 3. The highest BCUT2D eigenvalue weighted by atomic mass is 16.6. The van der Waals surface area contributed by atoms with Crippen molar-refractivity contribution in [3.63, 3.8) is 0 Å². The molecule has 57 heavy (non-hydrogen) atoms. The fourth-order valence-electron chi connectivity index (χ4n) is 6.19. The highest BCUT2D eigenvalue weighted by molar-refractivity contribution is 5.71.